The van der Waals surface area contributed by atoms with Crippen LogP contribution < -0.4 is 5.32 Å². The Balaban J connectivity index is 2.14. The minimum absolute atomic E-state index is 0.00388. The van der Waals surface area contributed by atoms with Crippen molar-refractivity contribution in [3.05, 3.63) is 18.3 Å². The van der Waals surface area contributed by atoms with Crippen LogP contribution in [0.5, 0.6) is 0 Å². The average molecular weight is 322 g/mol. The first kappa shape index (κ1) is 16.8. The van der Waals surface area contributed by atoms with Crippen molar-refractivity contribution in [2.45, 2.75) is 38.0 Å². The van der Waals surface area contributed by atoms with E-state index in [2.05, 4.69) is 15.3 Å². The first-order valence-electron chi connectivity index (χ1n) is 7.15. The molecule has 0 aliphatic rings. The van der Waals surface area contributed by atoms with Crippen molar-refractivity contribution >= 4 is 28.8 Å². The summed E-state index contributed by atoms with van der Waals surface area (Å²) in [6.07, 6.45) is 1.74. The molecule has 2 rings (SSSR count). The molecule has 0 saturated heterocycles. The van der Waals surface area contributed by atoms with Crippen molar-refractivity contribution in [1.29, 1.82) is 0 Å². The maximum atomic E-state index is 12.0. The number of nitrogens with one attached hydrogen (secondary N) is 1. The number of hydrogen-bond acceptors (Lipinski definition) is 5. The monoisotopic (exact) mass is 322 g/mol. The molecule has 2 aromatic heterocycles. The van der Waals surface area contributed by atoms with E-state index >= 15 is 0 Å². The lowest BCUT2D eigenvalue weighted by molar-refractivity contribution is -0.119. The molecule has 0 atom stereocenters. The van der Waals surface area contributed by atoms with Crippen LogP contribution in [0.25, 0.3) is 11.2 Å². The number of nitrogens with zero attached hydrogens (tertiary/aromatic N) is 3. The van der Waals surface area contributed by atoms with Gasteiger partial charge in [0.2, 0.25) is 5.91 Å². The fourth-order valence-corrected chi connectivity index (χ4v) is 2.85. The lowest BCUT2D eigenvalue weighted by Gasteiger charge is -2.20. The van der Waals surface area contributed by atoms with Gasteiger partial charge in [-0.1, -0.05) is 11.8 Å². The third kappa shape index (κ3) is 4.45. The summed E-state index contributed by atoms with van der Waals surface area (Å²) >= 11 is 1.42. The molecular weight excluding hydrogens is 300 g/mol. The van der Waals surface area contributed by atoms with Gasteiger partial charge in [0.05, 0.1) is 18.9 Å². The number of rotatable bonds is 6. The predicted molar refractivity (Wildman–Crippen MR) is 88.0 cm³/mol. The second-order valence-electron chi connectivity index (χ2n) is 5.97. The van der Waals surface area contributed by atoms with Crippen LogP contribution in [0, 0.1) is 0 Å². The van der Waals surface area contributed by atoms with E-state index in [0.717, 1.165) is 16.3 Å². The van der Waals surface area contributed by atoms with E-state index in [4.69, 9.17) is 4.74 Å². The van der Waals surface area contributed by atoms with Crippen LogP contribution in [0.1, 0.15) is 20.8 Å². The number of hydrogen-bond donors (Lipinski definition) is 1. The fraction of sp³-hybridized carbons (Fsp3) is 0.533. The zero-order valence-corrected chi connectivity index (χ0v) is 14.2. The van der Waals surface area contributed by atoms with Gasteiger partial charge in [-0.3, -0.25) is 4.79 Å². The zero-order valence-electron chi connectivity index (χ0n) is 13.4. The standard InChI is InChI=1S/C15H22N4O2S/c1-15(2,3)18-12(20)10-22-14-17-11-6-5-7-16-13(11)19(14)8-9-21-4/h5-7H,8-10H2,1-4H3,(H,18,20). The fourth-order valence-electron chi connectivity index (χ4n) is 2.02. The van der Waals surface area contributed by atoms with Gasteiger partial charge >= 0.3 is 0 Å². The highest BCUT2D eigenvalue weighted by Gasteiger charge is 2.16. The minimum atomic E-state index is -0.227. The van der Waals surface area contributed by atoms with E-state index in [1.165, 1.54) is 11.8 Å². The summed E-state index contributed by atoms with van der Waals surface area (Å²) in [5.41, 5.74) is 1.42. The maximum absolute atomic E-state index is 12.0. The molecule has 0 radical (unpaired) electrons. The first-order valence-corrected chi connectivity index (χ1v) is 8.13. The number of aromatic nitrogens is 3. The topological polar surface area (TPSA) is 69.0 Å². The van der Waals surface area contributed by atoms with Crippen molar-refractivity contribution in [3.63, 3.8) is 0 Å². The van der Waals surface area contributed by atoms with Crippen LogP contribution in [-0.2, 0) is 16.1 Å². The van der Waals surface area contributed by atoms with Gasteiger partial charge < -0.3 is 14.6 Å². The van der Waals surface area contributed by atoms with E-state index in [0.29, 0.717) is 18.9 Å². The van der Waals surface area contributed by atoms with E-state index < -0.39 is 0 Å². The summed E-state index contributed by atoms with van der Waals surface area (Å²) < 4.78 is 7.14. The van der Waals surface area contributed by atoms with Gasteiger partial charge in [0.1, 0.15) is 5.52 Å². The number of imidazole rings is 1. The Hall–Kier alpha value is -1.60. The molecular formula is C15H22N4O2S. The smallest absolute Gasteiger partial charge is 0.230 e. The summed E-state index contributed by atoms with van der Waals surface area (Å²) in [6, 6.07) is 3.78. The Morgan fingerprint density at radius 1 is 1.45 bits per heavy atom. The van der Waals surface area contributed by atoms with Gasteiger partial charge in [0.25, 0.3) is 0 Å². The number of carbonyl (C=O) groups is 1. The number of fused-ring (bicyclic) bond motifs is 1. The van der Waals surface area contributed by atoms with Gasteiger partial charge in [-0.2, -0.15) is 0 Å². The van der Waals surface area contributed by atoms with E-state index in [1.807, 2.05) is 37.5 Å². The number of pyridine rings is 1. The van der Waals surface area contributed by atoms with Crippen LogP contribution in [0.4, 0.5) is 0 Å². The molecule has 0 aromatic carbocycles. The average Bonchev–Trinajstić information content (AvgIpc) is 2.79. The van der Waals surface area contributed by atoms with Crippen molar-refractivity contribution in [3.8, 4) is 0 Å². The van der Waals surface area contributed by atoms with Crippen molar-refractivity contribution in [1.82, 2.24) is 19.9 Å². The Morgan fingerprint density at radius 3 is 2.91 bits per heavy atom. The Bertz CT molecular complexity index is 649. The van der Waals surface area contributed by atoms with Gasteiger partial charge in [0, 0.05) is 18.8 Å². The van der Waals surface area contributed by atoms with Crippen LogP contribution in [0.15, 0.2) is 23.5 Å². The van der Waals surface area contributed by atoms with Gasteiger partial charge in [-0.15, -0.1) is 0 Å². The molecule has 0 saturated carbocycles. The summed E-state index contributed by atoms with van der Waals surface area (Å²) in [7, 11) is 1.66. The predicted octanol–water partition coefficient (Wildman–Crippen LogP) is 2.08. The third-order valence-electron chi connectivity index (χ3n) is 2.83. The Labute approximate surface area is 134 Å². The molecule has 0 aliphatic heterocycles. The summed E-state index contributed by atoms with van der Waals surface area (Å²) in [5, 5.41) is 3.74. The second kappa shape index (κ2) is 7.11. The van der Waals surface area contributed by atoms with Crippen molar-refractivity contribution < 1.29 is 9.53 Å². The number of carbonyl (C=O) groups excluding carboxylic acids is 1. The van der Waals surface area contributed by atoms with Gasteiger partial charge in [-0.05, 0) is 32.9 Å². The molecule has 7 heteroatoms. The number of thioether (sulfide) groups is 1. The SMILES string of the molecule is COCCn1c(SCC(=O)NC(C)(C)C)nc2cccnc21. The van der Waals surface area contributed by atoms with E-state index in [1.54, 1.807) is 13.3 Å². The van der Waals surface area contributed by atoms with E-state index in [-0.39, 0.29) is 11.4 Å². The van der Waals surface area contributed by atoms with Gasteiger partial charge in [-0.25, -0.2) is 9.97 Å². The number of amides is 1. The third-order valence-corrected chi connectivity index (χ3v) is 3.81. The molecule has 0 unspecified atom stereocenters. The molecule has 2 aromatic rings. The van der Waals surface area contributed by atoms with Crippen molar-refractivity contribution in [2.75, 3.05) is 19.5 Å². The normalized spacial score (nSPS) is 11.8. The van der Waals surface area contributed by atoms with Crippen LogP contribution in [0.2, 0.25) is 0 Å². The number of methoxy groups -OCH3 is 1. The van der Waals surface area contributed by atoms with Crippen LogP contribution >= 0.6 is 11.8 Å². The highest BCUT2D eigenvalue weighted by molar-refractivity contribution is 7.99. The molecule has 1 amide bonds. The molecule has 120 valence electrons. The molecule has 2 heterocycles. The highest BCUT2D eigenvalue weighted by Crippen LogP contribution is 2.22. The molecule has 0 aliphatic carbocycles. The Kier molecular flexibility index (Phi) is 5.42. The summed E-state index contributed by atoms with van der Waals surface area (Å²) in [4.78, 5) is 20.9. The van der Waals surface area contributed by atoms with Crippen LogP contribution in [0.3, 0.4) is 0 Å². The quantitative estimate of drug-likeness (QED) is 0.825. The second-order valence-corrected chi connectivity index (χ2v) is 6.91. The highest BCUT2D eigenvalue weighted by atomic mass is 32.2. The van der Waals surface area contributed by atoms with Gasteiger partial charge in [0.15, 0.2) is 10.8 Å². The Morgan fingerprint density at radius 2 is 2.23 bits per heavy atom. The minimum Gasteiger partial charge on any atom is -0.383 e. The molecule has 1 N–H and O–H groups in total. The largest absolute Gasteiger partial charge is 0.383 e. The van der Waals surface area contributed by atoms with Crippen molar-refractivity contribution in [2.24, 2.45) is 0 Å². The lowest BCUT2D eigenvalue weighted by atomic mass is 10.1. The number of ether oxygens (including phenoxy) is 1. The molecule has 0 fully saturated rings. The molecule has 0 bridgehead atoms. The molecule has 22 heavy (non-hydrogen) atoms. The molecule has 0 spiro atoms. The maximum Gasteiger partial charge on any atom is 0.230 e. The van der Waals surface area contributed by atoms with E-state index in [9.17, 15) is 4.79 Å². The summed E-state index contributed by atoms with van der Waals surface area (Å²) in [6.45, 7) is 7.13. The molecule has 6 nitrogen and oxygen atoms in total. The zero-order chi connectivity index (χ0) is 16.2. The summed E-state index contributed by atoms with van der Waals surface area (Å²) in [5.74, 6) is 0.323. The lowest BCUT2D eigenvalue weighted by Crippen LogP contribution is -2.41. The van der Waals surface area contributed by atoms with Crippen LogP contribution in [-0.4, -0.2) is 45.5 Å². The first-order chi connectivity index (χ1) is 10.4.